The second kappa shape index (κ2) is 6.62. The van der Waals surface area contributed by atoms with Gasteiger partial charge >= 0.3 is 6.09 Å². The van der Waals surface area contributed by atoms with E-state index in [1.807, 2.05) is 36.4 Å². The third-order valence-electron chi connectivity index (χ3n) is 3.84. The highest BCUT2D eigenvalue weighted by Crippen LogP contribution is 2.33. The molecule has 0 radical (unpaired) electrons. The molecule has 0 aliphatic carbocycles. The van der Waals surface area contributed by atoms with E-state index in [9.17, 15) is 9.35 Å². The van der Waals surface area contributed by atoms with Crippen LogP contribution in [0.1, 0.15) is 11.3 Å². The van der Waals surface area contributed by atoms with Gasteiger partial charge in [-0.15, -0.1) is 0 Å². The van der Waals surface area contributed by atoms with Crippen molar-refractivity contribution in [1.29, 1.82) is 0 Å². The molecule has 0 saturated carbocycles. The van der Waals surface area contributed by atoms with Crippen molar-refractivity contribution >= 4 is 23.1 Å². The Kier molecular flexibility index (Phi) is 4.17. The number of fused-ring (bicyclic) bond motifs is 1. The lowest BCUT2D eigenvalue weighted by Gasteiger charge is -2.11. The van der Waals surface area contributed by atoms with Crippen LogP contribution in [0.25, 0.3) is 5.69 Å². The number of hydrogen-bond acceptors (Lipinski definition) is 4. The van der Waals surface area contributed by atoms with E-state index < -0.39 is 17.3 Å². The average Bonchev–Trinajstić information content (AvgIpc) is 3.14. The summed E-state index contributed by atoms with van der Waals surface area (Å²) in [6, 6.07) is 18.3. The molecule has 1 N–H and O–H groups in total. The molecule has 3 aromatic rings. The molecule has 1 atom stereocenters. The van der Waals surface area contributed by atoms with Gasteiger partial charge in [-0.1, -0.05) is 36.4 Å². The number of ether oxygens (including phenoxy) is 1. The molecule has 1 aromatic heterocycles. The minimum absolute atomic E-state index is 0.378. The van der Waals surface area contributed by atoms with Gasteiger partial charge in [0.2, 0.25) is 0 Å². The highest BCUT2D eigenvalue weighted by molar-refractivity contribution is 7.90. The maximum absolute atomic E-state index is 12.3. The number of nitrogens with one attached hydrogen (secondary N) is 1. The van der Waals surface area contributed by atoms with Crippen molar-refractivity contribution in [3.63, 3.8) is 0 Å². The van der Waals surface area contributed by atoms with Crippen LogP contribution in [0.3, 0.4) is 0 Å². The maximum atomic E-state index is 12.3. The molecule has 1 amide bonds. The van der Waals surface area contributed by atoms with E-state index in [2.05, 4.69) is 10.4 Å². The van der Waals surface area contributed by atoms with Gasteiger partial charge in [-0.3, -0.25) is 5.32 Å². The Morgan fingerprint density at radius 2 is 1.76 bits per heavy atom. The number of rotatable bonds is 3. The van der Waals surface area contributed by atoms with Crippen molar-refractivity contribution in [3.8, 4) is 11.4 Å². The second-order valence-electron chi connectivity index (χ2n) is 5.58. The molecule has 0 saturated heterocycles. The van der Waals surface area contributed by atoms with Crippen LogP contribution >= 0.6 is 0 Å². The number of para-hydroxylation sites is 2. The van der Waals surface area contributed by atoms with Crippen molar-refractivity contribution in [3.05, 3.63) is 71.9 Å². The molecule has 4 rings (SSSR count). The maximum Gasteiger partial charge on any atom is 0.418 e. The molecule has 6 nitrogen and oxygen atoms in total. The topological polar surface area (TPSA) is 79.2 Å². The molecule has 0 fully saturated rings. The second-order valence-corrected chi connectivity index (χ2v) is 7.03. The van der Waals surface area contributed by atoms with E-state index in [-0.39, 0.29) is 0 Å². The van der Waals surface area contributed by atoms with Gasteiger partial charge in [0, 0.05) is 0 Å². The number of carbonyl (C=O) groups is 1. The Morgan fingerprint density at radius 1 is 1.08 bits per heavy atom. The van der Waals surface area contributed by atoms with Gasteiger partial charge in [-0.25, -0.2) is 9.48 Å². The lowest BCUT2D eigenvalue weighted by Crippen LogP contribution is -2.20. The van der Waals surface area contributed by atoms with Gasteiger partial charge in [-0.05, 0) is 35.4 Å². The number of amides is 1. The molecule has 0 spiro atoms. The molecule has 1 aliphatic rings. The van der Waals surface area contributed by atoms with Gasteiger partial charge in [-0.2, -0.15) is 5.10 Å². The van der Waals surface area contributed by atoms with Crippen LogP contribution in [-0.2, 0) is 22.7 Å². The van der Waals surface area contributed by atoms with Crippen molar-refractivity contribution < 1.29 is 14.1 Å². The number of hydrogen-bond donors (Lipinski definition) is 1. The number of anilines is 1. The van der Waals surface area contributed by atoms with E-state index >= 15 is 0 Å². The van der Waals surface area contributed by atoms with Gasteiger partial charge < -0.3 is 9.29 Å². The summed E-state index contributed by atoms with van der Waals surface area (Å²) in [7, 11) is 0. The fourth-order valence-electron chi connectivity index (χ4n) is 2.73. The first-order valence-corrected chi connectivity index (χ1v) is 9.24. The third-order valence-corrected chi connectivity index (χ3v) is 5.05. The zero-order chi connectivity index (χ0) is 17.2. The summed E-state index contributed by atoms with van der Waals surface area (Å²) < 4.78 is 18.8. The number of benzene rings is 2. The average molecular weight is 353 g/mol. The van der Waals surface area contributed by atoms with E-state index in [0.717, 1.165) is 16.9 Å². The van der Waals surface area contributed by atoms with Crippen LogP contribution in [-0.4, -0.2) is 20.4 Å². The Morgan fingerprint density at radius 3 is 2.48 bits per heavy atom. The molecular weight excluding hydrogens is 338 g/mol. The number of carbonyl (C=O) groups excluding carboxylic acids is 1. The Bertz CT molecular complexity index is 897. The summed E-state index contributed by atoms with van der Waals surface area (Å²) in [5.74, 6) is 1.74. The quantitative estimate of drug-likeness (QED) is 0.733. The van der Waals surface area contributed by atoms with Crippen LogP contribution in [0, 0.1) is 0 Å². The summed E-state index contributed by atoms with van der Waals surface area (Å²) in [6.07, 6.45) is -0.608. The molecule has 25 heavy (non-hydrogen) atoms. The first-order valence-electron chi connectivity index (χ1n) is 7.76. The van der Waals surface area contributed by atoms with Crippen LogP contribution in [0.15, 0.2) is 60.7 Å². The fourth-order valence-corrected chi connectivity index (χ4v) is 3.99. The van der Waals surface area contributed by atoms with Crippen molar-refractivity contribution in [2.45, 2.75) is 11.5 Å². The summed E-state index contributed by atoms with van der Waals surface area (Å²) in [6.45, 7) is 0. The smallest absolute Gasteiger partial charge is 0.418 e. The molecular formula is C18H15N3O3S. The van der Waals surface area contributed by atoms with Crippen molar-refractivity contribution in [2.75, 3.05) is 5.32 Å². The van der Waals surface area contributed by atoms with Crippen LogP contribution in [0.2, 0.25) is 0 Å². The van der Waals surface area contributed by atoms with E-state index in [1.165, 1.54) is 0 Å². The summed E-state index contributed by atoms with van der Waals surface area (Å²) in [4.78, 5) is 12.3. The van der Waals surface area contributed by atoms with Gasteiger partial charge in [0.1, 0.15) is 28.8 Å². The highest BCUT2D eigenvalue weighted by Gasteiger charge is 2.32. The molecule has 126 valence electrons. The zero-order valence-electron chi connectivity index (χ0n) is 13.2. The van der Waals surface area contributed by atoms with Crippen LogP contribution in [0.4, 0.5) is 10.6 Å². The first-order chi connectivity index (χ1) is 12.2. The molecule has 2 heterocycles. The predicted molar refractivity (Wildman–Crippen MR) is 95.2 cm³/mol. The standard InChI is InChI=1S/C18H15N3O3S/c22-18(24-14-9-5-2-6-10-14)19-17-15-11-25(23)12-16(15)20-21(17)13-7-3-1-4-8-13/h1-10H,11-12H2,(H,19,22). The monoisotopic (exact) mass is 353 g/mol. The lowest BCUT2D eigenvalue weighted by molar-refractivity contribution is 0.215. The minimum atomic E-state index is -0.984. The van der Waals surface area contributed by atoms with Gasteiger partial charge in [0.25, 0.3) is 0 Å². The third kappa shape index (κ3) is 3.24. The van der Waals surface area contributed by atoms with E-state index in [0.29, 0.717) is 23.1 Å². The van der Waals surface area contributed by atoms with Crippen LogP contribution < -0.4 is 10.1 Å². The molecule has 0 bridgehead atoms. The lowest BCUT2D eigenvalue weighted by atomic mass is 10.2. The summed E-state index contributed by atoms with van der Waals surface area (Å²) >= 11 is -0.984. The Balaban J connectivity index is 1.65. The number of aromatic nitrogens is 2. The van der Waals surface area contributed by atoms with Gasteiger partial charge in [0.15, 0.2) is 0 Å². The van der Waals surface area contributed by atoms with E-state index in [4.69, 9.17) is 4.74 Å². The van der Waals surface area contributed by atoms with Crippen molar-refractivity contribution in [2.24, 2.45) is 0 Å². The Hall–Kier alpha value is -2.77. The highest BCUT2D eigenvalue weighted by atomic mass is 32.2. The molecule has 2 aromatic carbocycles. The first kappa shape index (κ1) is 15.7. The fraction of sp³-hybridized carbons (Fsp3) is 0.111. The summed E-state index contributed by atoms with van der Waals surface area (Å²) in [5.41, 5.74) is 2.36. The largest absolute Gasteiger partial charge is 0.616 e. The summed E-state index contributed by atoms with van der Waals surface area (Å²) in [5, 5.41) is 7.29. The zero-order valence-corrected chi connectivity index (χ0v) is 14.0. The normalized spacial score (nSPS) is 15.6. The Labute approximate surface area is 147 Å². The molecule has 7 heteroatoms. The molecule has 1 aliphatic heterocycles. The van der Waals surface area contributed by atoms with Gasteiger partial charge in [0.05, 0.1) is 11.3 Å². The SMILES string of the molecule is O=C(Nc1c2c(nn1-c1ccccc1)C[S+]([O-])C2)Oc1ccccc1. The van der Waals surface area contributed by atoms with Crippen molar-refractivity contribution in [1.82, 2.24) is 9.78 Å². The van der Waals surface area contributed by atoms with Crippen LogP contribution in [0.5, 0.6) is 5.75 Å². The number of nitrogens with zero attached hydrogens (tertiary/aromatic N) is 2. The molecule has 1 unspecified atom stereocenters. The minimum Gasteiger partial charge on any atom is -0.616 e. The predicted octanol–water partition coefficient (Wildman–Crippen LogP) is 3.25. The van der Waals surface area contributed by atoms with E-state index in [1.54, 1.807) is 28.9 Å².